The normalized spacial score (nSPS) is 14.7. The maximum Gasteiger partial charge on any atom is 0.147 e. The molecular formula is C16H20FN3. The van der Waals surface area contributed by atoms with E-state index in [1.54, 1.807) is 6.07 Å². The third-order valence-electron chi connectivity index (χ3n) is 3.77. The second kappa shape index (κ2) is 5.02. The van der Waals surface area contributed by atoms with Crippen molar-refractivity contribution in [2.75, 3.05) is 6.54 Å². The fourth-order valence-corrected chi connectivity index (χ4v) is 2.78. The number of halogens is 1. The Morgan fingerprint density at radius 2 is 2.15 bits per heavy atom. The van der Waals surface area contributed by atoms with E-state index in [9.17, 15) is 4.39 Å². The predicted octanol–water partition coefficient (Wildman–Crippen LogP) is 3.09. The van der Waals surface area contributed by atoms with Crippen molar-refractivity contribution < 1.29 is 4.39 Å². The van der Waals surface area contributed by atoms with E-state index in [0.29, 0.717) is 5.69 Å². The molecule has 0 saturated carbocycles. The first-order valence-corrected chi connectivity index (χ1v) is 7.15. The van der Waals surface area contributed by atoms with Crippen LogP contribution in [0.2, 0.25) is 0 Å². The van der Waals surface area contributed by atoms with Gasteiger partial charge >= 0.3 is 0 Å². The summed E-state index contributed by atoms with van der Waals surface area (Å²) in [5, 5.41) is 3.33. The molecule has 0 radical (unpaired) electrons. The molecule has 1 aromatic carbocycles. The number of nitrogens with zero attached hydrogens (tertiary/aromatic N) is 2. The van der Waals surface area contributed by atoms with E-state index >= 15 is 0 Å². The molecule has 4 heteroatoms. The monoisotopic (exact) mass is 273 g/mol. The van der Waals surface area contributed by atoms with E-state index < -0.39 is 0 Å². The summed E-state index contributed by atoms with van der Waals surface area (Å²) in [7, 11) is 0. The first kappa shape index (κ1) is 13.3. The molecule has 0 atom stereocenters. The molecule has 0 bridgehead atoms. The number of benzene rings is 1. The van der Waals surface area contributed by atoms with Crippen LogP contribution in [0.25, 0.3) is 5.69 Å². The van der Waals surface area contributed by atoms with Crippen LogP contribution < -0.4 is 5.32 Å². The van der Waals surface area contributed by atoms with E-state index in [-0.39, 0.29) is 11.7 Å². The van der Waals surface area contributed by atoms with E-state index in [4.69, 9.17) is 4.98 Å². The lowest BCUT2D eigenvalue weighted by atomic mass is 10.1. The van der Waals surface area contributed by atoms with Gasteiger partial charge in [-0.1, -0.05) is 19.9 Å². The SMILES string of the molecule is Cc1ccc(-n2c(C(C)C)nc3c2CCNC3)c(F)c1. The van der Waals surface area contributed by atoms with Crippen LogP contribution in [0.15, 0.2) is 18.2 Å². The second-order valence-corrected chi connectivity index (χ2v) is 5.74. The van der Waals surface area contributed by atoms with Crippen LogP contribution >= 0.6 is 0 Å². The summed E-state index contributed by atoms with van der Waals surface area (Å²) in [5.41, 5.74) is 3.76. The van der Waals surface area contributed by atoms with E-state index in [0.717, 1.165) is 42.3 Å². The van der Waals surface area contributed by atoms with Crippen molar-refractivity contribution in [1.82, 2.24) is 14.9 Å². The van der Waals surface area contributed by atoms with Gasteiger partial charge in [-0.2, -0.15) is 0 Å². The van der Waals surface area contributed by atoms with E-state index in [1.165, 1.54) is 0 Å². The summed E-state index contributed by atoms with van der Waals surface area (Å²) in [6.07, 6.45) is 0.891. The smallest absolute Gasteiger partial charge is 0.147 e. The van der Waals surface area contributed by atoms with Gasteiger partial charge < -0.3 is 5.32 Å². The molecule has 0 unspecified atom stereocenters. The lowest BCUT2D eigenvalue weighted by Crippen LogP contribution is -2.25. The first-order chi connectivity index (χ1) is 9.58. The lowest BCUT2D eigenvalue weighted by Gasteiger charge is -2.18. The molecule has 3 rings (SSSR count). The number of rotatable bonds is 2. The van der Waals surface area contributed by atoms with Crippen LogP contribution in [0.3, 0.4) is 0 Å². The van der Waals surface area contributed by atoms with Gasteiger partial charge in [0.25, 0.3) is 0 Å². The van der Waals surface area contributed by atoms with Crippen LogP contribution in [-0.4, -0.2) is 16.1 Å². The number of hydrogen-bond acceptors (Lipinski definition) is 2. The fourth-order valence-electron chi connectivity index (χ4n) is 2.78. The Labute approximate surface area is 118 Å². The highest BCUT2D eigenvalue weighted by molar-refractivity contribution is 5.42. The number of aryl methyl sites for hydroxylation is 1. The number of imidazole rings is 1. The quantitative estimate of drug-likeness (QED) is 0.911. The highest BCUT2D eigenvalue weighted by Crippen LogP contribution is 2.27. The summed E-state index contributed by atoms with van der Waals surface area (Å²) >= 11 is 0. The van der Waals surface area contributed by atoms with Gasteiger partial charge in [-0.15, -0.1) is 0 Å². The van der Waals surface area contributed by atoms with Crippen molar-refractivity contribution in [3.05, 3.63) is 46.8 Å². The Bertz CT molecular complexity index is 643. The number of nitrogens with one attached hydrogen (secondary N) is 1. The van der Waals surface area contributed by atoms with Crippen molar-refractivity contribution >= 4 is 0 Å². The number of aromatic nitrogens is 2. The zero-order valence-corrected chi connectivity index (χ0v) is 12.2. The molecular weight excluding hydrogens is 253 g/mol. The molecule has 0 fully saturated rings. The molecule has 3 nitrogen and oxygen atoms in total. The van der Waals surface area contributed by atoms with Gasteiger partial charge in [0.2, 0.25) is 0 Å². The third-order valence-corrected chi connectivity index (χ3v) is 3.77. The molecule has 2 aromatic rings. The summed E-state index contributed by atoms with van der Waals surface area (Å²) < 4.78 is 16.4. The van der Waals surface area contributed by atoms with Crippen molar-refractivity contribution in [3.8, 4) is 5.69 Å². The molecule has 0 aliphatic carbocycles. The maximum absolute atomic E-state index is 14.4. The molecule has 1 N–H and O–H groups in total. The van der Waals surface area contributed by atoms with Gasteiger partial charge in [-0.3, -0.25) is 4.57 Å². The molecule has 0 amide bonds. The van der Waals surface area contributed by atoms with Crippen LogP contribution in [0.4, 0.5) is 4.39 Å². The average molecular weight is 273 g/mol. The Kier molecular flexibility index (Phi) is 3.34. The predicted molar refractivity (Wildman–Crippen MR) is 77.8 cm³/mol. The second-order valence-electron chi connectivity index (χ2n) is 5.74. The van der Waals surface area contributed by atoms with Gasteiger partial charge in [-0.25, -0.2) is 9.37 Å². The van der Waals surface area contributed by atoms with Crippen LogP contribution in [-0.2, 0) is 13.0 Å². The summed E-state index contributed by atoms with van der Waals surface area (Å²) in [6.45, 7) is 7.80. The molecule has 1 aliphatic heterocycles. The highest BCUT2D eigenvalue weighted by atomic mass is 19.1. The van der Waals surface area contributed by atoms with Gasteiger partial charge in [-0.05, 0) is 24.6 Å². The minimum atomic E-state index is -0.175. The molecule has 0 spiro atoms. The third kappa shape index (κ3) is 2.14. The van der Waals surface area contributed by atoms with Gasteiger partial charge in [0.05, 0.1) is 11.4 Å². The van der Waals surface area contributed by atoms with Gasteiger partial charge in [0.1, 0.15) is 11.6 Å². The van der Waals surface area contributed by atoms with Gasteiger partial charge in [0, 0.05) is 31.1 Å². The largest absolute Gasteiger partial charge is 0.311 e. The fraction of sp³-hybridized carbons (Fsp3) is 0.438. The van der Waals surface area contributed by atoms with Crippen molar-refractivity contribution in [3.63, 3.8) is 0 Å². The summed E-state index contributed by atoms with van der Waals surface area (Å²) in [5.74, 6) is 1.04. The molecule has 0 saturated heterocycles. The van der Waals surface area contributed by atoms with Gasteiger partial charge in [0.15, 0.2) is 0 Å². The highest BCUT2D eigenvalue weighted by Gasteiger charge is 2.23. The van der Waals surface area contributed by atoms with Crippen LogP contribution in [0.5, 0.6) is 0 Å². The van der Waals surface area contributed by atoms with E-state index in [2.05, 4.69) is 19.2 Å². The standard InChI is InChI=1S/C16H20FN3/c1-10(2)16-19-13-9-18-7-6-15(13)20(16)14-5-4-11(3)8-12(14)17/h4-5,8,10,18H,6-7,9H2,1-3H3. The minimum absolute atomic E-state index is 0.175. The maximum atomic E-state index is 14.4. The van der Waals surface area contributed by atoms with E-state index in [1.807, 2.05) is 23.6 Å². The number of hydrogen-bond donors (Lipinski definition) is 1. The molecule has 1 aromatic heterocycles. The molecule has 20 heavy (non-hydrogen) atoms. The summed E-state index contributed by atoms with van der Waals surface area (Å²) in [6, 6.07) is 5.41. The van der Waals surface area contributed by atoms with Crippen molar-refractivity contribution in [2.45, 2.75) is 39.7 Å². The zero-order chi connectivity index (χ0) is 14.3. The first-order valence-electron chi connectivity index (χ1n) is 7.15. The molecule has 2 heterocycles. The topological polar surface area (TPSA) is 29.9 Å². The Morgan fingerprint density at radius 1 is 1.35 bits per heavy atom. The summed E-state index contributed by atoms with van der Waals surface area (Å²) in [4.78, 5) is 4.72. The average Bonchev–Trinajstić information content (AvgIpc) is 2.78. The van der Waals surface area contributed by atoms with Crippen LogP contribution in [0.1, 0.15) is 42.5 Å². The Hall–Kier alpha value is -1.68. The Morgan fingerprint density at radius 3 is 2.85 bits per heavy atom. The lowest BCUT2D eigenvalue weighted by molar-refractivity contribution is 0.595. The number of fused-ring (bicyclic) bond motifs is 1. The van der Waals surface area contributed by atoms with Crippen LogP contribution in [0, 0.1) is 12.7 Å². The van der Waals surface area contributed by atoms with Crippen molar-refractivity contribution in [2.24, 2.45) is 0 Å². The Balaban J connectivity index is 2.23. The minimum Gasteiger partial charge on any atom is -0.311 e. The molecule has 1 aliphatic rings. The molecule has 106 valence electrons. The zero-order valence-electron chi connectivity index (χ0n) is 12.2. The van der Waals surface area contributed by atoms with Crippen molar-refractivity contribution in [1.29, 1.82) is 0 Å².